The first-order valence-corrected chi connectivity index (χ1v) is 10.8. The quantitative estimate of drug-likeness (QED) is 0.368. The average molecular weight is 440 g/mol. The summed E-state index contributed by atoms with van der Waals surface area (Å²) in [6.45, 7) is 0. The van der Waals surface area contributed by atoms with Gasteiger partial charge in [0.2, 0.25) is 5.91 Å². The molecule has 0 saturated heterocycles. The summed E-state index contributed by atoms with van der Waals surface area (Å²) in [4.78, 5) is 24.0. The van der Waals surface area contributed by atoms with E-state index in [1.807, 2.05) is 78.9 Å². The molecule has 1 atom stereocenters. The smallest absolute Gasteiger partial charge is 0.337 e. The van der Waals surface area contributed by atoms with Crippen LogP contribution in [0, 0.1) is 0 Å². The lowest BCUT2D eigenvalue weighted by molar-refractivity contribution is -0.146. The van der Waals surface area contributed by atoms with Crippen molar-refractivity contribution in [3.05, 3.63) is 119 Å². The van der Waals surface area contributed by atoms with Crippen LogP contribution in [-0.4, -0.2) is 22.1 Å². The van der Waals surface area contributed by atoms with Crippen molar-refractivity contribution in [3.63, 3.8) is 0 Å². The number of rotatable bonds is 8. The van der Waals surface area contributed by atoms with Gasteiger partial charge in [-0.05, 0) is 39.4 Å². The molecule has 4 aromatic carbocycles. The summed E-state index contributed by atoms with van der Waals surface area (Å²) < 4.78 is 0. The van der Waals surface area contributed by atoms with Crippen LogP contribution in [-0.2, 0) is 16.0 Å². The molecule has 5 nitrogen and oxygen atoms in total. The van der Waals surface area contributed by atoms with Crippen molar-refractivity contribution >= 4 is 22.6 Å². The topological polar surface area (TPSA) is 86.6 Å². The molecule has 33 heavy (non-hydrogen) atoms. The number of aryl methyl sites for hydroxylation is 1. The summed E-state index contributed by atoms with van der Waals surface area (Å²) in [5, 5.41) is 23.8. The predicted molar refractivity (Wildman–Crippen MR) is 128 cm³/mol. The highest BCUT2D eigenvalue weighted by molar-refractivity contribution is 5.90. The number of nitrogens with one attached hydrogen (secondary N) is 1. The lowest BCUT2D eigenvalue weighted by atomic mass is 9.97. The lowest BCUT2D eigenvalue weighted by Crippen LogP contribution is -2.29. The Hall–Kier alpha value is -3.96. The SMILES string of the molecule is O=C(CCc1ccc2c(C(O)C(=O)O)cccc2c1)NC(c1ccccc1)c1ccccc1. The van der Waals surface area contributed by atoms with Gasteiger partial charge >= 0.3 is 5.97 Å². The molecule has 0 aliphatic carbocycles. The minimum absolute atomic E-state index is 0.0529. The molecule has 0 saturated carbocycles. The normalized spacial score (nSPS) is 11.9. The Morgan fingerprint density at radius 1 is 0.788 bits per heavy atom. The van der Waals surface area contributed by atoms with Gasteiger partial charge in [0.05, 0.1) is 6.04 Å². The van der Waals surface area contributed by atoms with Gasteiger partial charge in [-0.1, -0.05) is 97.1 Å². The Labute approximate surface area is 192 Å². The fourth-order valence-corrected chi connectivity index (χ4v) is 4.03. The third-order valence-electron chi connectivity index (χ3n) is 5.72. The zero-order valence-electron chi connectivity index (χ0n) is 18.0. The van der Waals surface area contributed by atoms with Crippen LogP contribution in [0.25, 0.3) is 10.8 Å². The maximum absolute atomic E-state index is 12.8. The number of carbonyl (C=O) groups is 2. The molecule has 4 rings (SSSR count). The molecule has 0 heterocycles. The standard InChI is InChI=1S/C28H25NO4/c30-25(29-26(20-8-3-1-4-9-20)21-10-5-2-6-11-21)17-15-19-14-16-23-22(18-19)12-7-13-24(23)27(31)28(32)33/h1-14,16,18,26-27,31H,15,17H2,(H,29,30)(H,32,33). The van der Waals surface area contributed by atoms with E-state index >= 15 is 0 Å². The van der Waals surface area contributed by atoms with Crippen LogP contribution < -0.4 is 5.32 Å². The summed E-state index contributed by atoms with van der Waals surface area (Å²) in [5.41, 5.74) is 3.37. The van der Waals surface area contributed by atoms with Crippen molar-refractivity contribution < 1.29 is 19.8 Å². The van der Waals surface area contributed by atoms with Crippen molar-refractivity contribution in [1.82, 2.24) is 5.32 Å². The van der Waals surface area contributed by atoms with Gasteiger partial charge < -0.3 is 15.5 Å². The number of benzene rings is 4. The lowest BCUT2D eigenvalue weighted by Gasteiger charge is -2.20. The van der Waals surface area contributed by atoms with Crippen molar-refractivity contribution in [1.29, 1.82) is 0 Å². The largest absolute Gasteiger partial charge is 0.479 e. The van der Waals surface area contributed by atoms with Crippen molar-refractivity contribution in [2.24, 2.45) is 0 Å². The molecule has 4 aromatic rings. The van der Waals surface area contributed by atoms with Crippen LogP contribution in [0.15, 0.2) is 97.1 Å². The van der Waals surface area contributed by atoms with Crippen molar-refractivity contribution in [2.45, 2.75) is 25.0 Å². The second kappa shape index (κ2) is 10.1. The van der Waals surface area contributed by atoms with Crippen molar-refractivity contribution in [3.8, 4) is 0 Å². The Kier molecular flexibility index (Phi) is 6.81. The summed E-state index contributed by atoms with van der Waals surface area (Å²) >= 11 is 0. The van der Waals surface area contributed by atoms with E-state index in [-0.39, 0.29) is 11.9 Å². The number of carboxylic acid groups (broad SMARTS) is 1. The van der Waals surface area contributed by atoms with Gasteiger partial charge in [0, 0.05) is 6.42 Å². The number of hydrogen-bond donors (Lipinski definition) is 3. The van der Waals surface area contributed by atoms with E-state index in [0.29, 0.717) is 23.8 Å². The molecule has 0 aromatic heterocycles. The summed E-state index contributed by atoms with van der Waals surface area (Å²) in [7, 11) is 0. The Bertz CT molecular complexity index is 1220. The van der Waals surface area contributed by atoms with E-state index in [9.17, 15) is 14.7 Å². The molecule has 3 N–H and O–H groups in total. The monoisotopic (exact) mass is 439 g/mol. The van der Waals surface area contributed by atoms with E-state index in [1.165, 1.54) is 0 Å². The van der Waals surface area contributed by atoms with Crippen LogP contribution in [0.3, 0.4) is 0 Å². The molecule has 1 amide bonds. The third kappa shape index (κ3) is 5.27. The van der Waals surface area contributed by atoms with E-state index in [1.54, 1.807) is 18.2 Å². The number of amides is 1. The van der Waals surface area contributed by atoms with Crippen molar-refractivity contribution in [2.75, 3.05) is 0 Å². The molecule has 0 bridgehead atoms. The van der Waals surface area contributed by atoms with Gasteiger partial charge in [0.25, 0.3) is 0 Å². The fraction of sp³-hybridized carbons (Fsp3) is 0.143. The summed E-state index contributed by atoms with van der Waals surface area (Å²) in [5.74, 6) is -1.34. The Morgan fingerprint density at radius 3 is 2.03 bits per heavy atom. The van der Waals surface area contributed by atoms with E-state index < -0.39 is 12.1 Å². The number of carboxylic acids is 1. The number of aliphatic hydroxyl groups is 1. The maximum Gasteiger partial charge on any atom is 0.337 e. The van der Waals surface area contributed by atoms with Gasteiger partial charge in [-0.2, -0.15) is 0 Å². The van der Waals surface area contributed by atoms with E-state index in [4.69, 9.17) is 5.11 Å². The highest BCUT2D eigenvalue weighted by atomic mass is 16.4. The number of aliphatic hydroxyl groups excluding tert-OH is 1. The van der Waals surface area contributed by atoms with Crippen LogP contribution in [0.2, 0.25) is 0 Å². The summed E-state index contributed by atoms with van der Waals surface area (Å²) in [6, 6.07) is 30.4. The molecular formula is C28H25NO4. The minimum Gasteiger partial charge on any atom is -0.479 e. The van der Waals surface area contributed by atoms with E-state index in [0.717, 1.165) is 22.1 Å². The minimum atomic E-state index is -1.57. The van der Waals surface area contributed by atoms with Crippen LogP contribution in [0.5, 0.6) is 0 Å². The van der Waals surface area contributed by atoms with Gasteiger partial charge in [-0.15, -0.1) is 0 Å². The first-order valence-electron chi connectivity index (χ1n) is 10.8. The van der Waals surface area contributed by atoms with Gasteiger partial charge in [-0.3, -0.25) is 4.79 Å². The molecule has 0 spiro atoms. The molecule has 0 aliphatic heterocycles. The van der Waals surface area contributed by atoms with Gasteiger partial charge in [0.1, 0.15) is 0 Å². The molecule has 0 radical (unpaired) electrons. The molecule has 0 fully saturated rings. The summed E-state index contributed by atoms with van der Waals surface area (Å²) in [6.07, 6.45) is -0.707. The number of aliphatic carboxylic acids is 1. The van der Waals surface area contributed by atoms with Crippen LogP contribution >= 0.6 is 0 Å². The highest BCUT2D eigenvalue weighted by Crippen LogP contribution is 2.26. The molecule has 0 aliphatic rings. The Balaban J connectivity index is 1.48. The maximum atomic E-state index is 12.8. The number of carbonyl (C=O) groups excluding carboxylic acids is 1. The Morgan fingerprint density at radius 2 is 1.42 bits per heavy atom. The first-order chi connectivity index (χ1) is 16.0. The van der Waals surface area contributed by atoms with Crippen LogP contribution in [0.4, 0.5) is 0 Å². The predicted octanol–water partition coefficient (Wildman–Crippen LogP) is 4.80. The van der Waals surface area contributed by atoms with E-state index in [2.05, 4.69) is 5.32 Å². The highest BCUT2D eigenvalue weighted by Gasteiger charge is 2.19. The average Bonchev–Trinajstić information content (AvgIpc) is 2.86. The number of hydrogen-bond acceptors (Lipinski definition) is 3. The molecule has 166 valence electrons. The second-order valence-electron chi connectivity index (χ2n) is 7.97. The van der Waals surface area contributed by atoms with Gasteiger partial charge in [-0.25, -0.2) is 4.79 Å². The molecule has 1 unspecified atom stereocenters. The molecular weight excluding hydrogens is 414 g/mol. The zero-order valence-corrected chi connectivity index (χ0v) is 18.0. The number of fused-ring (bicyclic) bond motifs is 1. The second-order valence-corrected chi connectivity index (χ2v) is 7.97. The molecule has 5 heteroatoms. The third-order valence-corrected chi connectivity index (χ3v) is 5.72. The zero-order chi connectivity index (χ0) is 23.2. The first kappa shape index (κ1) is 22.2. The van der Waals surface area contributed by atoms with Gasteiger partial charge in [0.15, 0.2) is 6.10 Å². The van der Waals surface area contributed by atoms with Crippen LogP contribution in [0.1, 0.15) is 40.8 Å². The fourth-order valence-electron chi connectivity index (χ4n) is 4.03.